The van der Waals surface area contributed by atoms with Crippen molar-refractivity contribution in [1.82, 2.24) is 9.97 Å². The summed E-state index contributed by atoms with van der Waals surface area (Å²) in [4.78, 5) is 44.5. The first-order chi connectivity index (χ1) is 19.3. The molecule has 3 aromatic heterocycles. The van der Waals surface area contributed by atoms with Crippen LogP contribution in [0.5, 0.6) is 0 Å². The Labute approximate surface area is 239 Å². The predicted molar refractivity (Wildman–Crippen MR) is 162 cm³/mol. The van der Waals surface area contributed by atoms with E-state index < -0.39 is 0 Å². The fraction of sp³-hybridized carbons (Fsp3) is 0.125. The highest BCUT2D eigenvalue weighted by atomic mass is 32.1. The molecule has 2 aromatic carbocycles. The summed E-state index contributed by atoms with van der Waals surface area (Å²) < 4.78 is 0. The molecule has 5 heterocycles. The molecule has 0 unspecified atom stereocenters. The van der Waals surface area contributed by atoms with Crippen molar-refractivity contribution in [2.45, 2.75) is 13.8 Å². The van der Waals surface area contributed by atoms with E-state index in [1.165, 1.54) is 29.3 Å². The third kappa shape index (κ3) is 3.75. The van der Waals surface area contributed by atoms with E-state index in [2.05, 4.69) is 31.2 Å². The Hall–Kier alpha value is -4.40. The highest BCUT2D eigenvalue weighted by molar-refractivity contribution is 7.23. The average Bonchev–Trinajstić information content (AvgIpc) is 3.72. The third-order valence-electron chi connectivity index (χ3n) is 7.39. The van der Waals surface area contributed by atoms with E-state index in [0.717, 1.165) is 22.3 Å². The zero-order valence-corrected chi connectivity index (χ0v) is 24.0. The second-order valence-electron chi connectivity index (χ2n) is 10.1. The van der Waals surface area contributed by atoms with E-state index in [4.69, 9.17) is 9.97 Å². The van der Waals surface area contributed by atoms with E-state index in [1.54, 1.807) is 36.8 Å². The summed E-state index contributed by atoms with van der Waals surface area (Å²) in [6, 6.07) is 24.4. The van der Waals surface area contributed by atoms with Gasteiger partial charge in [-0.25, -0.2) is 9.97 Å². The number of thiophene rings is 2. The largest absolute Gasteiger partial charge is 0.294 e. The maximum Gasteiger partial charge on any atom is 0.262 e. The maximum absolute atomic E-state index is 13.5. The van der Waals surface area contributed by atoms with Gasteiger partial charge >= 0.3 is 0 Å². The Morgan fingerprint density at radius 1 is 0.550 bits per heavy atom. The minimum Gasteiger partial charge on any atom is -0.294 e. The van der Waals surface area contributed by atoms with E-state index in [1.807, 2.05) is 55.5 Å². The van der Waals surface area contributed by atoms with Crippen LogP contribution in [0, 0.1) is 13.8 Å². The quantitative estimate of drug-likeness (QED) is 0.314. The van der Waals surface area contributed by atoms with Gasteiger partial charge in [-0.2, -0.15) is 0 Å². The fourth-order valence-corrected chi connectivity index (χ4v) is 7.15. The summed E-state index contributed by atoms with van der Waals surface area (Å²) in [5, 5.41) is 0.996. The topological polar surface area (TPSA) is 66.4 Å². The summed E-state index contributed by atoms with van der Waals surface area (Å²) in [5.74, 6) is 0.607. The predicted octanol–water partition coefficient (Wildman–Crippen LogP) is 4.90. The Bertz CT molecular complexity index is 1990. The van der Waals surface area contributed by atoms with E-state index in [-0.39, 0.29) is 11.8 Å². The van der Waals surface area contributed by atoms with Crippen LogP contribution in [0.15, 0.2) is 72.8 Å². The van der Waals surface area contributed by atoms with Crippen LogP contribution in [0.4, 0.5) is 11.6 Å². The van der Waals surface area contributed by atoms with Crippen LogP contribution in [0.1, 0.15) is 21.6 Å². The van der Waals surface area contributed by atoms with Crippen LogP contribution in [0.2, 0.25) is 0 Å². The highest BCUT2D eigenvalue weighted by Crippen LogP contribution is 2.38. The molecule has 0 bridgehead atoms. The number of anilines is 2. The molecule has 2 amide bonds. The number of carbonyl (C=O) groups excluding carboxylic acids is 2. The fourth-order valence-electron chi connectivity index (χ4n) is 5.19. The van der Waals surface area contributed by atoms with Crippen molar-refractivity contribution >= 4 is 57.3 Å². The van der Waals surface area contributed by atoms with E-state index in [9.17, 15) is 9.59 Å². The second kappa shape index (κ2) is 9.08. The van der Waals surface area contributed by atoms with Crippen molar-refractivity contribution in [1.29, 1.82) is 0 Å². The molecule has 0 saturated carbocycles. The first-order valence-electron chi connectivity index (χ1n) is 12.9. The zero-order chi connectivity index (χ0) is 27.7. The van der Waals surface area contributed by atoms with Crippen LogP contribution in [-0.4, -0.2) is 35.9 Å². The van der Waals surface area contributed by atoms with Gasteiger partial charge in [-0.3, -0.25) is 19.4 Å². The molecule has 0 saturated heterocycles. The van der Waals surface area contributed by atoms with Crippen molar-refractivity contribution < 1.29 is 9.59 Å². The molecule has 7 rings (SSSR count). The van der Waals surface area contributed by atoms with Crippen molar-refractivity contribution in [3.05, 3.63) is 105 Å². The van der Waals surface area contributed by atoms with Crippen LogP contribution in [0.3, 0.4) is 0 Å². The molecule has 2 aliphatic rings. The molecule has 0 radical (unpaired) electrons. The second-order valence-corrected chi connectivity index (χ2v) is 12.4. The zero-order valence-electron chi connectivity index (χ0n) is 22.4. The van der Waals surface area contributed by atoms with Crippen LogP contribution >= 0.6 is 22.7 Å². The Kier molecular flexibility index (Phi) is 5.59. The van der Waals surface area contributed by atoms with Gasteiger partial charge in [-0.15, -0.1) is 22.7 Å². The summed E-state index contributed by atoms with van der Waals surface area (Å²) in [6.07, 6.45) is 0. The lowest BCUT2D eigenvalue weighted by molar-refractivity contribution is -0.113. The summed E-state index contributed by atoms with van der Waals surface area (Å²) in [7, 11) is 3.40. The lowest BCUT2D eigenvalue weighted by Gasteiger charge is -2.11. The molecule has 40 heavy (non-hydrogen) atoms. The summed E-state index contributed by atoms with van der Waals surface area (Å²) >= 11 is 3.56. The van der Waals surface area contributed by atoms with Gasteiger partial charge in [0.2, 0.25) is 0 Å². The molecule has 6 nitrogen and oxygen atoms in total. The third-order valence-corrected chi connectivity index (χ3v) is 9.72. The van der Waals surface area contributed by atoms with E-state index >= 15 is 0 Å². The molecule has 2 aliphatic heterocycles. The standard InChI is InChI=1S/C32H24N4O2S2/c1-17-5-8-20(9-6-17)25-27-29(35(3)31(25)37)34-28-26(32(38)36(4)30(28)33-27)21-12-10-19(11-13-21)22-15-16-24(40-22)23-14-7-18(2)39-23/h5-16H,1-4H3. The van der Waals surface area contributed by atoms with Gasteiger partial charge in [-0.1, -0.05) is 54.1 Å². The van der Waals surface area contributed by atoms with Gasteiger partial charge in [0, 0.05) is 33.6 Å². The molecular formula is C32H24N4O2S2. The number of aromatic nitrogens is 2. The first-order valence-corrected chi connectivity index (χ1v) is 14.5. The van der Waals surface area contributed by atoms with Gasteiger partial charge in [0.1, 0.15) is 10.7 Å². The lowest BCUT2D eigenvalue weighted by Crippen LogP contribution is -2.29. The smallest absolute Gasteiger partial charge is 0.262 e. The molecule has 0 atom stereocenters. The number of hydrogen-bond donors (Lipinski definition) is 0. The van der Waals surface area contributed by atoms with Crippen molar-refractivity contribution in [3.8, 4) is 20.2 Å². The van der Waals surface area contributed by atoms with E-state index in [0.29, 0.717) is 33.5 Å². The molecule has 196 valence electrons. The monoisotopic (exact) mass is 560 g/mol. The molecule has 0 aliphatic carbocycles. The molecule has 0 spiro atoms. The normalized spacial score (nSPS) is 14.4. The number of nitrogens with zero attached hydrogens (tertiary/aromatic N) is 4. The van der Waals surface area contributed by atoms with Gasteiger partial charge < -0.3 is 0 Å². The molecule has 0 N–H and O–H groups in total. The Morgan fingerprint density at radius 2 is 1.00 bits per heavy atom. The SMILES string of the molecule is Cc1ccc(C2=c3nc4c(nc3N(C)C2=O)=C(c2ccc(-c3ccc(-c5ccc(C)s5)s3)cc2)C(=O)N4C)cc1. The molecule has 5 aromatic rings. The van der Waals surface area contributed by atoms with Gasteiger partial charge in [0.05, 0.1) is 11.1 Å². The number of fused-ring (bicyclic) bond motifs is 2. The average molecular weight is 561 g/mol. The summed E-state index contributed by atoms with van der Waals surface area (Å²) in [6.45, 7) is 4.13. The maximum atomic E-state index is 13.5. The van der Waals surface area contributed by atoms with Crippen LogP contribution in [-0.2, 0) is 9.59 Å². The number of rotatable bonds is 4. The van der Waals surface area contributed by atoms with Crippen molar-refractivity contribution in [2.75, 3.05) is 23.9 Å². The van der Waals surface area contributed by atoms with Crippen LogP contribution < -0.4 is 20.5 Å². The Morgan fingerprint density at radius 3 is 1.52 bits per heavy atom. The van der Waals surface area contributed by atoms with Crippen molar-refractivity contribution in [2.24, 2.45) is 0 Å². The molecule has 0 fully saturated rings. The number of carbonyl (C=O) groups is 2. The number of amides is 2. The first kappa shape index (κ1) is 24.6. The number of hydrogen-bond acceptors (Lipinski definition) is 6. The number of aryl methyl sites for hydroxylation is 2. The molecule has 8 heteroatoms. The number of likely N-dealkylation sites (N-methyl/N-ethyl adjacent to an activating group) is 2. The minimum absolute atomic E-state index is 0.157. The van der Waals surface area contributed by atoms with Gasteiger partial charge in [-0.05, 0) is 54.8 Å². The van der Waals surface area contributed by atoms with Gasteiger partial charge in [0.25, 0.3) is 11.8 Å². The summed E-state index contributed by atoms with van der Waals surface area (Å²) in [5.41, 5.74) is 4.75. The molecular weight excluding hydrogens is 537 g/mol. The van der Waals surface area contributed by atoms with Gasteiger partial charge in [0.15, 0.2) is 11.6 Å². The number of benzene rings is 2. The van der Waals surface area contributed by atoms with Crippen molar-refractivity contribution in [3.63, 3.8) is 0 Å². The minimum atomic E-state index is -0.163. The van der Waals surface area contributed by atoms with Crippen LogP contribution in [0.25, 0.3) is 31.3 Å². The Balaban J connectivity index is 1.32. The highest BCUT2D eigenvalue weighted by Gasteiger charge is 2.35. The lowest BCUT2D eigenvalue weighted by atomic mass is 10.0.